The Balaban J connectivity index is 4.25. The first-order chi connectivity index (χ1) is 36.6. The number of carbonyl (C=O) groups is 3. The summed E-state index contributed by atoms with van der Waals surface area (Å²) in [7, 11) is 5.90. The van der Waals surface area contributed by atoms with Gasteiger partial charge in [0.25, 0.3) is 0 Å². The van der Waals surface area contributed by atoms with Gasteiger partial charge in [-0.05, 0) is 109 Å². The lowest BCUT2D eigenvalue weighted by molar-refractivity contribution is -0.870. The molecule has 0 amide bonds. The number of nitrogens with zero attached hydrogens (tertiary/aromatic N) is 1. The van der Waals surface area contributed by atoms with Crippen molar-refractivity contribution in [1.82, 2.24) is 0 Å². The fourth-order valence-electron chi connectivity index (χ4n) is 7.64. The highest BCUT2D eigenvalue weighted by atomic mass is 16.7. The largest absolute Gasteiger partial charge is 0.545 e. The third kappa shape index (κ3) is 57.2. The minimum atomic E-state index is -1.63. The third-order valence-electron chi connectivity index (χ3n) is 12.2. The average molecular weight is 1040 g/mol. The zero-order valence-corrected chi connectivity index (χ0v) is 48.4. The molecule has 0 rings (SSSR count). The number of aliphatic carboxylic acids is 1. The summed E-state index contributed by atoms with van der Waals surface area (Å²) in [5, 5.41) is 11.8. The number of carboxylic acids is 1. The molecule has 0 aromatic carbocycles. The number of ether oxygens (including phenoxy) is 4. The van der Waals surface area contributed by atoms with E-state index in [0.717, 1.165) is 122 Å². The molecule has 2 atom stereocenters. The summed E-state index contributed by atoms with van der Waals surface area (Å²) in [6.45, 7) is 4.59. The highest BCUT2D eigenvalue weighted by molar-refractivity contribution is 5.70. The van der Waals surface area contributed by atoms with Gasteiger partial charge in [-0.1, -0.05) is 219 Å². The molecule has 0 spiro atoms. The quantitative estimate of drug-likeness (QED) is 0.0195. The molecule has 0 aliphatic rings. The van der Waals surface area contributed by atoms with Crippen LogP contribution in [0.3, 0.4) is 0 Å². The second-order valence-electron chi connectivity index (χ2n) is 20.5. The molecule has 9 heteroatoms. The van der Waals surface area contributed by atoms with Crippen LogP contribution in [0.15, 0.2) is 122 Å². The van der Waals surface area contributed by atoms with E-state index >= 15 is 0 Å². The summed E-state index contributed by atoms with van der Waals surface area (Å²) in [4.78, 5) is 37.2. The van der Waals surface area contributed by atoms with Crippen LogP contribution in [-0.4, -0.2) is 82.3 Å². The molecule has 2 unspecified atom stereocenters. The molecular weight excluding hydrogens is 935 g/mol. The zero-order valence-electron chi connectivity index (χ0n) is 48.4. The van der Waals surface area contributed by atoms with Crippen LogP contribution >= 0.6 is 0 Å². The summed E-state index contributed by atoms with van der Waals surface area (Å²) in [5.74, 6) is -2.32. The Bertz CT molecular complexity index is 1640. The number of carbonyl (C=O) groups excluding carboxylic acids is 3. The predicted molar refractivity (Wildman–Crippen MR) is 315 cm³/mol. The molecule has 0 saturated carbocycles. The number of rotatable bonds is 53. The molecule has 75 heavy (non-hydrogen) atoms. The molecular formula is C66H109NO8. The minimum absolute atomic E-state index is 0.138. The fraction of sp³-hybridized carbons (Fsp3) is 0.652. The van der Waals surface area contributed by atoms with Crippen LogP contribution in [0, 0.1) is 0 Å². The summed E-state index contributed by atoms with van der Waals surface area (Å²) in [5.41, 5.74) is 0. The Morgan fingerprint density at radius 3 is 1.15 bits per heavy atom. The number of likely N-dealkylation sites (N-methyl/N-ethyl adjacent to an activating group) is 1. The summed E-state index contributed by atoms with van der Waals surface area (Å²) in [6, 6.07) is 0. The van der Waals surface area contributed by atoms with Crippen LogP contribution in [-0.2, 0) is 33.3 Å². The van der Waals surface area contributed by atoms with Gasteiger partial charge in [0, 0.05) is 12.8 Å². The van der Waals surface area contributed by atoms with Crippen LogP contribution in [0.4, 0.5) is 0 Å². The Morgan fingerprint density at radius 2 is 0.760 bits per heavy atom. The van der Waals surface area contributed by atoms with Crippen molar-refractivity contribution in [1.29, 1.82) is 0 Å². The van der Waals surface area contributed by atoms with Crippen molar-refractivity contribution in [2.45, 2.75) is 232 Å². The van der Waals surface area contributed by atoms with Gasteiger partial charge in [0.05, 0.1) is 40.3 Å². The van der Waals surface area contributed by atoms with E-state index < -0.39 is 24.3 Å². The Labute approximate surface area is 459 Å². The maximum absolute atomic E-state index is 12.9. The van der Waals surface area contributed by atoms with Crippen molar-refractivity contribution in [3.8, 4) is 0 Å². The molecule has 0 aliphatic carbocycles. The van der Waals surface area contributed by atoms with Crippen molar-refractivity contribution in [3.05, 3.63) is 122 Å². The fourth-order valence-corrected chi connectivity index (χ4v) is 7.64. The maximum atomic E-state index is 12.9. The highest BCUT2D eigenvalue weighted by Crippen LogP contribution is 2.14. The summed E-state index contributed by atoms with van der Waals surface area (Å²) in [6.07, 6.45) is 75.3. The van der Waals surface area contributed by atoms with Crippen molar-refractivity contribution in [2.75, 3.05) is 47.5 Å². The van der Waals surface area contributed by atoms with Gasteiger partial charge in [-0.3, -0.25) is 9.59 Å². The molecule has 9 nitrogen and oxygen atoms in total. The molecule has 0 aromatic heterocycles. The van der Waals surface area contributed by atoms with Gasteiger partial charge >= 0.3 is 11.9 Å². The van der Waals surface area contributed by atoms with Crippen molar-refractivity contribution >= 4 is 17.9 Å². The minimum Gasteiger partial charge on any atom is -0.545 e. The van der Waals surface area contributed by atoms with Crippen LogP contribution in [0.2, 0.25) is 0 Å². The van der Waals surface area contributed by atoms with Crippen LogP contribution in [0.1, 0.15) is 219 Å². The van der Waals surface area contributed by atoms with Crippen LogP contribution in [0.25, 0.3) is 0 Å². The first-order valence-corrected chi connectivity index (χ1v) is 29.7. The lowest BCUT2D eigenvalue weighted by Gasteiger charge is -2.26. The first kappa shape index (κ1) is 70.7. The van der Waals surface area contributed by atoms with E-state index in [9.17, 15) is 19.5 Å². The molecule has 0 N–H and O–H groups in total. The van der Waals surface area contributed by atoms with Crippen molar-refractivity contribution < 1.29 is 42.9 Å². The number of unbranched alkanes of at least 4 members (excludes halogenated alkanes) is 18. The molecule has 0 bridgehead atoms. The van der Waals surface area contributed by atoms with Gasteiger partial charge in [-0.2, -0.15) is 0 Å². The van der Waals surface area contributed by atoms with Crippen LogP contribution in [0.5, 0.6) is 0 Å². The van der Waals surface area contributed by atoms with Gasteiger partial charge in [-0.25, -0.2) is 0 Å². The summed E-state index contributed by atoms with van der Waals surface area (Å²) >= 11 is 0. The Morgan fingerprint density at radius 1 is 0.413 bits per heavy atom. The van der Waals surface area contributed by atoms with Crippen molar-refractivity contribution in [3.63, 3.8) is 0 Å². The molecule has 0 heterocycles. The number of hydrogen-bond donors (Lipinski definition) is 0. The van der Waals surface area contributed by atoms with Gasteiger partial charge in [0.1, 0.15) is 13.2 Å². The van der Waals surface area contributed by atoms with Gasteiger partial charge < -0.3 is 33.3 Å². The Hall–Kier alpha value is -4.31. The first-order valence-electron chi connectivity index (χ1n) is 29.7. The molecule has 0 aliphatic heterocycles. The van der Waals surface area contributed by atoms with Crippen molar-refractivity contribution in [2.24, 2.45) is 0 Å². The lowest BCUT2D eigenvalue weighted by atomic mass is 10.1. The molecule has 0 aromatic rings. The lowest BCUT2D eigenvalue weighted by Crippen LogP contribution is -2.44. The molecule has 0 saturated heterocycles. The topological polar surface area (TPSA) is 111 Å². The van der Waals surface area contributed by atoms with Gasteiger partial charge in [0.2, 0.25) is 0 Å². The van der Waals surface area contributed by atoms with E-state index in [-0.39, 0.29) is 38.6 Å². The Kier molecular flexibility index (Phi) is 52.7. The molecule has 0 radical (unpaired) electrons. The number of allylic oxidation sites excluding steroid dienone is 20. The van der Waals surface area contributed by atoms with E-state index in [1.807, 2.05) is 21.1 Å². The number of hydrogen-bond acceptors (Lipinski definition) is 8. The van der Waals surface area contributed by atoms with Crippen LogP contribution < -0.4 is 5.11 Å². The number of carboxylic acid groups (broad SMARTS) is 1. The second kappa shape index (κ2) is 55.9. The maximum Gasteiger partial charge on any atom is 0.306 e. The third-order valence-corrected chi connectivity index (χ3v) is 12.2. The molecule has 0 fully saturated rings. The van der Waals surface area contributed by atoms with E-state index in [4.69, 9.17) is 18.9 Å². The monoisotopic (exact) mass is 1040 g/mol. The van der Waals surface area contributed by atoms with E-state index in [0.29, 0.717) is 17.4 Å². The number of quaternary nitrogens is 1. The van der Waals surface area contributed by atoms with E-state index in [2.05, 4.69) is 135 Å². The van der Waals surface area contributed by atoms with E-state index in [1.165, 1.54) is 64.2 Å². The smallest absolute Gasteiger partial charge is 0.306 e. The van der Waals surface area contributed by atoms with Gasteiger partial charge in [-0.15, -0.1) is 0 Å². The number of esters is 2. The summed E-state index contributed by atoms with van der Waals surface area (Å²) < 4.78 is 22.6. The molecule has 426 valence electrons. The normalized spacial score (nSPS) is 13.7. The zero-order chi connectivity index (χ0) is 54.8. The standard InChI is InChI=1S/C66H109NO8/c1-6-8-10-12-14-16-18-20-22-23-24-25-26-27-28-29-30-31-32-33-34-35-36-37-38-39-40-41-43-45-47-49-51-53-55-57-64(69)75-62(61-74-66(65(70)71)72-59-58-67(3,4)5)60-73-63(68)56-54-52-50-48-46-44-42-21-19-17-15-13-11-9-7-2/h8,10,14,16,20-22,24-25,27-28,30-31,33-34,36-37,39-40,42,62,66H,6-7,9,11-13,15,17-19,23,26,29,32,35,38,41,43-61H2,1-5H3/b10-8-,16-14-,22-20-,25-24-,28-27-,31-30-,34-33-,37-36-,40-39-,42-21-. The average Bonchev–Trinajstić information content (AvgIpc) is 3.38. The van der Waals surface area contributed by atoms with Gasteiger partial charge in [0.15, 0.2) is 12.4 Å². The highest BCUT2D eigenvalue weighted by Gasteiger charge is 2.22. The SMILES string of the molecule is CC/C=C\C/C=C\C/C=C\C/C=C\C/C=C\C/C=C\C/C=C\C/C=C\C/C=C\CCCCCCCCCC(=O)OC(COC(=O)CCCCCCC/C=C\CCCCCCCC)COC(OCC[N+](C)(C)C)C(=O)[O-]. The second-order valence-corrected chi connectivity index (χ2v) is 20.5. The van der Waals surface area contributed by atoms with E-state index in [1.54, 1.807) is 0 Å². The predicted octanol–water partition coefficient (Wildman–Crippen LogP) is 16.3.